The molecule has 6 nitrogen and oxygen atoms in total. The molecule has 8 heteroatoms. The summed E-state index contributed by atoms with van der Waals surface area (Å²) in [7, 11) is 1.43. The number of aromatic nitrogens is 2. The van der Waals surface area contributed by atoms with Crippen LogP contribution < -0.4 is 15.4 Å². The lowest BCUT2D eigenvalue weighted by Gasteiger charge is -2.12. The fourth-order valence-corrected chi connectivity index (χ4v) is 1.82. The van der Waals surface area contributed by atoms with Crippen molar-refractivity contribution in [3.63, 3.8) is 0 Å². The fourth-order valence-electron chi connectivity index (χ4n) is 1.82. The fraction of sp³-hybridized carbons (Fsp3) is 0.214. The summed E-state index contributed by atoms with van der Waals surface area (Å²) in [4.78, 5) is 20.0. The second kappa shape index (κ2) is 6.33. The average Bonchev–Trinajstić information content (AvgIpc) is 2.46. The lowest BCUT2D eigenvalue weighted by Crippen LogP contribution is -2.22. The van der Waals surface area contributed by atoms with Crippen molar-refractivity contribution in [2.24, 2.45) is 0 Å². The van der Waals surface area contributed by atoms with E-state index in [1.807, 2.05) is 0 Å². The number of nitrogens with one attached hydrogen (secondary N) is 2. The molecule has 0 aliphatic carbocycles. The van der Waals surface area contributed by atoms with Gasteiger partial charge in [-0.25, -0.2) is 13.6 Å². The zero-order chi connectivity index (χ0) is 16.3. The molecular formula is C14H14F2N4O2. The van der Waals surface area contributed by atoms with E-state index in [4.69, 9.17) is 4.74 Å². The van der Waals surface area contributed by atoms with Crippen molar-refractivity contribution < 1.29 is 18.3 Å². The third-order valence-electron chi connectivity index (χ3n) is 2.85. The summed E-state index contributed by atoms with van der Waals surface area (Å²) in [5.74, 6) is -1.40. The van der Waals surface area contributed by atoms with Crippen LogP contribution in [0, 0.1) is 25.5 Å². The number of benzene rings is 1. The number of aryl methyl sites for hydroxylation is 2. The smallest absolute Gasteiger partial charge is 0.323 e. The molecule has 0 fully saturated rings. The Morgan fingerprint density at radius 3 is 2.36 bits per heavy atom. The van der Waals surface area contributed by atoms with Crippen molar-refractivity contribution in [2.45, 2.75) is 13.8 Å². The molecule has 0 spiro atoms. The van der Waals surface area contributed by atoms with Gasteiger partial charge in [0.25, 0.3) is 0 Å². The third-order valence-corrected chi connectivity index (χ3v) is 2.85. The van der Waals surface area contributed by atoms with Gasteiger partial charge in [-0.1, -0.05) is 0 Å². The molecule has 0 bridgehead atoms. The summed E-state index contributed by atoms with van der Waals surface area (Å²) in [6, 6.07) is 2.22. The van der Waals surface area contributed by atoms with E-state index < -0.39 is 17.7 Å². The average molecular weight is 308 g/mol. The molecule has 0 saturated carbocycles. The molecule has 2 N–H and O–H groups in total. The van der Waals surface area contributed by atoms with Crippen molar-refractivity contribution in [2.75, 3.05) is 17.7 Å². The Morgan fingerprint density at radius 1 is 1.14 bits per heavy atom. The van der Waals surface area contributed by atoms with E-state index in [1.165, 1.54) is 7.11 Å². The van der Waals surface area contributed by atoms with Crippen molar-refractivity contribution >= 4 is 17.4 Å². The number of rotatable bonds is 3. The number of anilines is 2. The minimum absolute atomic E-state index is 0.178. The highest BCUT2D eigenvalue weighted by Crippen LogP contribution is 2.20. The number of nitrogens with zero attached hydrogens (tertiary/aromatic N) is 2. The number of carbonyl (C=O) groups excluding carboxylic acids is 1. The largest absolute Gasteiger partial charge is 0.467 e. The summed E-state index contributed by atoms with van der Waals surface area (Å²) in [5.41, 5.74) is 1.08. The number of urea groups is 1. The maximum atomic E-state index is 13.5. The van der Waals surface area contributed by atoms with Crippen molar-refractivity contribution in [1.29, 1.82) is 0 Å². The third kappa shape index (κ3) is 3.46. The summed E-state index contributed by atoms with van der Waals surface area (Å²) in [5, 5.41) is 4.74. The normalized spacial score (nSPS) is 10.2. The number of hydrogen-bond donors (Lipinski definition) is 2. The van der Waals surface area contributed by atoms with E-state index in [0.717, 1.165) is 18.2 Å². The molecule has 0 radical (unpaired) electrons. The number of methoxy groups -OCH3 is 1. The van der Waals surface area contributed by atoms with Gasteiger partial charge in [0.05, 0.1) is 29.9 Å². The Hall–Kier alpha value is -2.77. The van der Waals surface area contributed by atoms with Crippen molar-refractivity contribution in [3.05, 3.63) is 41.2 Å². The lowest BCUT2D eigenvalue weighted by molar-refractivity contribution is 0.262. The minimum Gasteiger partial charge on any atom is -0.467 e. The van der Waals surface area contributed by atoms with Crippen LogP contribution in [-0.4, -0.2) is 23.1 Å². The van der Waals surface area contributed by atoms with E-state index in [1.54, 1.807) is 13.8 Å². The van der Waals surface area contributed by atoms with Crippen LogP contribution in [0.4, 0.5) is 25.0 Å². The van der Waals surface area contributed by atoms with Crippen LogP contribution in [0.25, 0.3) is 0 Å². The Bertz CT molecular complexity index is 699. The van der Waals surface area contributed by atoms with Crippen LogP contribution in [0.5, 0.6) is 6.01 Å². The first-order chi connectivity index (χ1) is 10.4. The molecule has 2 rings (SSSR count). The number of halogens is 2. The molecule has 0 aliphatic heterocycles. The van der Waals surface area contributed by atoms with Crippen LogP contribution >= 0.6 is 0 Å². The lowest BCUT2D eigenvalue weighted by atomic mass is 10.3. The second-order valence-electron chi connectivity index (χ2n) is 4.46. The van der Waals surface area contributed by atoms with E-state index in [2.05, 4.69) is 20.6 Å². The summed E-state index contributed by atoms with van der Waals surface area (Å²) in [6.45, 7) is 3.32. The molecule has 1 heterocycles. The molecule has 2 amide bonds. The van der Waals surface area contributed by atoms with Crippen molar-refractivity contribution in [1.82, 2.24) is 9.97 Å². The van der Waals surface area contributed by atoms with Gasteiger partial charge in [-0.3, -0.25) is 0 Å². The van der Waals surface area contributed by atoms with Gasteiger partial charge in [-0.2, -0.15) is 9.97 Å². The van der Waals surface area contributed by atoms with Crippen LogP contribution in [0.15, 0.2) is 18.2 Å². The van der Waals surface area contributed by atoms with Gasteiger partial charge in [-0.15, -0.1) is 0 Å². The zero-order valence-corrected chi connectivity index (χ0v) is 12.2. The number of amides is 2. The quantitative estimate of drug-likeness (QED) is 0.914. The maximum absolute atomic E-state index is 13.5. The van der Waals surface area contributed by atoms with Gasteiger partial charge in [0.15, 0.2) is 0 Å². The van der Waals surface area contributed by atoms with E-state index in [-0.39, 0.29) is 11.7 Å². The predicted molar refractivity (Wildman–Crippen MR) is 77.1 cm³/mol. The summed E-state index contributed by atoms with van der Waals surface area (Å²) in [6.07, 6.45) is 0. The Kier molecular flexibility index (Phi) is 4.50. The molecule has 1 aromatic carbocycles. The predicted octanol–water partition coefficient (Wildman–Crippen LogP) is 3.02. The van der Waals surface area contributed by atoms with E-state index >= 15 is 0 Å². The summed E-state index contributed by atoms with van der Waals surface area (Å²) < 4.78 is 31.5. The topological polar surface area (TPSA) is 76.1 Å². The molecule has 22 heavy (non-hydrogen) atoms. The Balaban J connectivity index is 2.17. The van der Waals surface area contributed by atoms with Gasteiger partial charge >= 0.3 is 12.0 Å². The SMILES string of the molecule is COc1nc(C)c(NC(=O)Nc2cc(F)ccc2F)c(C)n1. The first-order valence-electron chi connectivity index (χ1n) is 6.33. The number of ether oxygens (including phenoxy) is 1. The van der Waals surface area contributed by atoms with E-state index in [0.29, 0.717) is 17.1 Å². The molecular weight excluding hydrogens is 294 g/mol. The first kappa shape index (κ1) is 15.6. The summed E-state index contributed by atoms with van der Waals surface area (Å²) >= 11 is 0. The van der Waals surface area contributed by atoms with Gasteiger partial charge < -0.3 is 15.4 Å². The highest BCUT2D eigenvalue weighted by Gasteiger charge is 2.13. The molecule has 0 saturated heterocycles. The maximum Gasteiger partial charge on any atom is 0.323 e. The Labute approximate surface area is 125 Å². The Morgan fingerprint density at radius 2 is 1.77 bits per heavy atom. The molecule has 0 atom stereocenters. The first-order valence-corrected chi connectivity index (χ1v) is 6.33. The second-order valence-corrected chi connectivity index (χ2v) is 4.46. The van der Waals surface area contributed by atoms with Crippen LogP contribution in [0.3, 0.4) is 0 Å². The minimum atomic E-state index is -0.740. The van der Waals surface area contributed by atoms with Crippen LogP contribution in [0.1, 0.15) is 11.4 Å². The molecule has 1 aromatic heterocycles. The zero-order valence-electron chi connectivity index (χ0n) is 12.2. The van der Waals surface area contributed by atoms with Crippen LogP contribution in [-0.2, 0) is 0 Å². The number of carbonyl (C=O) groups is 1. The van der Waals surface area contributed by atoms with Crippen LogP contribution in [0.2, 0.25) is 0 Å². The van der Waals surface area contributed by atoms with Crippen molar-refractivity contribution in [3.8, 4) is 6.01 Å². The van der Waals surface area contributed by atoms with Gasteiger partial charge in [0.2, 0.25) is 0 Å². The van der Waals surface area contributed by atoms with E-state index in [9.17, 15) is 13.6 Å². The highest BCUT2D eigenvalue weighted by molar-refractivity contribution is 6.00. The van der Waals surface area contributed by atoms with Gasteiger partial charge in [0.1, 0.15) is 11.6 Å². The molecule has 116 valence electrons. The van der Waals surface area contributed by atoms with Gasteiger partial charge in [-0.05, 0) is 26.0 Å². The monoisotopic (exact) mass is 308 g/mol. The molecule has 2 aromatic rings. The standard InChI is InChI=1S/C14H14F2N4O2/c1-7-12(8(2)18-14(17-7)22-3)20-13(21)19-11-6-9(15)4-5-10(11)16/h4-6H,1-3H3,(H2,19,20,21). The van der Waals surface area contributed by atoms with Gasteiger partial charge in [0, 0.05) is 6.07 Å². The molecule has 0 aliphatic rings. The number of hydrogen-bond acceptors (Lipinski definition) is 4. The highest BCUT2D eigenvalue weighted by atomic mass is 19.1. The molecule has 0 unspecified atom stereocenters.